The SMILES string of the molecule is Cc1ccccc1C(=O)NC1CCN(C(=O)/C=C/c2c(C)nn(Cc3ccccc3Cl)c2C)CC1. The number of rotatable bonds is 6. The van der Waals surface area contributed by atoms with Crippen molar-refractivity contribution in [3.63, 3.8) is 0 Å². The molecule has 3 aromatic rings. The predicted molar refractivity (Wildman–Crippen MR) is 140 cm³/mol. The topological polar surface area (TPSA) is 67.2 Å². The zero-order chi connectivity index (χ0) is 24.9. The molecule has 1 aliphatic rings. The number of carbonyl (C=O) groups excluding carboxylic acids is 2. The monoisotopic (exact) mass is 490 g/mol. The Labute approximate surface area is 211 Å². The van der Waals surface area contributed by atoms with Crippen molar-refractivity contribution in [2.75, 3.05) is 13.1 Å². The van der Waals surface area contributed by atoms with E-state index >= 15 is 0 Å². The van der Waals surface area contributed by atoms with Gasteiger partial charge in [-0.2, -0.15) is 5.10 Å². The van der Waals surface area contributed by atoms with Gasteiger partial charge in [-0.05, 0) is 62.9 Å². The fraction of sp³-hybridized carbons (Fsp3) is 0.321. The number of hydrogen-bond donors (Lipinski definition) is 1. The quantitative estimate of drug-likeness (QED) is 0.497. The van der Waals surface area contributed by atoms with Crippen LogP contribution in [0.1, 0.15) is 51.3 Å². The molecule has 0 radical (unpaired) electrons. The summed E-state index contributed by atoms with van der Waals surface area (Å²) < 4.78 is 1.92. The molecule has 0 spiro atoms. The van der Waals surface area contributed by atoms with Crippen molar-refractivity contribution in [2.45, 2.75) is 46.2 Å². The standard InChI is InChI=1S/C28H31ClN4O2/c1-19-8-4-6-10-24(19)28(35)30-23-14-16-32(17-15-23)27(34)13-12-25-20(2)31-33(21(25)3)18-22-9-5-7-11-26(22)29/h4-13,23H,14-18H2,1-3H3,(H,30,35)/b13-12+. The highest BCUT2D eigenvalue weighted by molar-refractivity contribution is 6.31. The van der Waals surface area contributed by atoms with E-state index in [1.165, 1.54) is 0 Å². The summed E-state index contributed by atoms with van der Waals surface area (Å²) >= 11 is 6.31. The lowest BCUT2D eigenvalue weighted by molar-refractivity contribution is -0.126. The second kappa shape index (κ2) is 10.9. The number of carbonyl (C=O) groups is 2. The zero-order valence-electron chi connectivity index (χ0n) is 20.4. The first-order valence-corrected chi connectivity index (χ1v) is 12.3. The van der Waals surface area contributed by atoms with Crippen LogP contribution in [0.4, 0.5) is 0 Å². The molecule has 2 amide bonds. The van der Waals surface area contributed by atoms with Crippen LogP contribution in [0.25, 0.3) is 6.08 Å². The van der Waals surface area contributed by atoms with Crippen LogP contribution >= 0.6 is 11.6 Å². The molecule has 1 aliphatic heterocycles. The normalized spacial score (nSPS) is 14.5. The van der Waals surface area contributed by atoms with E-state index in [2.05, 4.69) is 10.4 Å². The largest absolute Gasteiger partial charge is 0.349 e. The van der Waals surface area contributed by atoms with E-state index in [1.807, 2.05) is 85.0 Å². The zero-order valence-corrected chi connectivity index (χ0v) is 21.2. The maximum Gasteiger partial charge on any atom is 0.251 e. The van der Waals surface area contributed by atoms with E-state index in [1.54, 1.807) is 6.08 Å². The molecule has 1 fully saturated rings. The summed E-state index contributed by atoms with van der Waals surface area (Å²) in [6, 6.07) is 15.4. The van der Waals surface area contributed by atoms with Gasteiger partial charge in [0.05, 0.1) is 12.2 Å². The first-order chi connectivity index (χ1) is 16.8. The molecular weight excluding hydrogens is 460 g/mol. The van der Waals surface area contributed by atoms with Gasteiger partial charge >= 0.3 is 0 Å². The van der Waals surface area contributed by atoms with Crippen molar-refractivity contribution in [1.29, 1.82) is 0 Å². The first kappa shape index (κ1) is 24.7. The van der Waals surface area contributed by atoms with Crippen molar-refractivity contribution >= 4 is 29.5 Å². The number of nitrogens with zero attached hydrogens (tertiary/aromatic N) is 3. The lowest BCUT2D eigenvalue weighted by Crippen LogP contribution is -2.46. The smallest absolute Gasteiger partial charge is 0.251 e. The van der Waals surface area contributed by atoms with Gasteiger partial charge in [0.2, 0.25) is 5.91 Å². The van der Waals surface area contributed by atoms with E-state index in [4.69, 9.17) is 11.6 Å². The summed E-state index contributed by atoms with van der Waals surface area (Å²) in [6.45, 7) is 7.70. The molecule has 0 unspecified atom stereocenters. The molecule has 1 aromatic heterocycles. The molecule has 7 heteroatoms. The lowest BCUT2D eigenvalue weighted by atomic mass is 10.0. The second-order valence-electron chi connectivity index (χ2n) is 9.05. The summed E-state index contributed by atoms with van der Waals surface area (Å²) in [7, 11) is 0. The molecule has 1 saturated heterocycles. The van der Waals surface area contributed by atoms with Crippen LogP contribution in [-0.2, 0) is 11.3 Å². The molecule has 0 bridgehead atoms. The number of aryl methyl sites for hydroxylation is 2. The Bertz CT molecular complexity index is 1260. The van der Waals surface area contributed by atoms with Crippen LogP contribution in [0.5, 0.6) is 0 Å². The highest BCUT2D eigenvalue weighted by atomic mass is 35.5. The van der Waals surface area contributed by atoms with Gasteiger partial charge < -0.3 is 10.2 Å². The molecule has 6 nitrogen and oxygen atoms in total. The van der Waals surface area contributed by atoms with E-state index in [0.29, 0.717) is 30.2 Å². The maximum atomic E-state index is 12.8. The van der Waals surface area contributed by atoms with Crippen molar-refractivity contribution in [1.82, 2.24) is 20.0 Å². The van der Waals surface area contributed by atoms with Gasteiger partial charge in [-0.15, -0.1) is 0 Å². The molecule has 0 aliphatic carbocycles. The van der Waals surface area contributed by atoms with Gasteiger partial charge in [-0.3, -0.25) is 14.3 Å². The number of benzene rings is 2. The van der Waals surface area contributed by atoms with E-state index in [-0.39, 0.29) is 17.9 Å². The average molecular weight is 491 g/mol. The van der Waals surface area contributed by atoms with Gasteiger partial charge in [0.25, 0.3) is 5.91 Å². The third kappa shape index (κ3) is 5.82. The van der Waals surface area contributed by atoms with Crippen LogP contribution in [-0.4, -0.2) is 45.6 Å². The third-order valence-corrected chi connectivity index (χ3v) is 7.01. The molecule has 1 N–H and O–H groups in total. The number of amides is 2. The van der Waals surface area contributed by atoms with Crippen molar-refractivity contribution < 1.29 is 9.59 Å². The Morgan fingerprint density at radius 3 is 2.46 bits per heavy atom. The van der Waals surface area contributed by atoms with E-state index in [0.717, 1.165) is 40.9 Å². The average Bonchev–Trinajstić information content (AvgIpc) is 3.11. The number of nitrogens with one attached hydrogen (secondary N) is 1. The summed E-state index contributed by atoms with van der Waals surface area (Å²) in [6.07, 6.45) is 4.97. The Hall–Kier alpha value is -3.38. The van der Waals surface area contributed by atoms with Crippen LogP contribution in [0, 0.1) is 20.8 Å². The number of hydrogen-bond acceptors (Lipinski definition) is 3. The van der Waals surface area contributed by atoms with Crippen LogP contribution in [0.3, 0.4) is 0 Å². The van der Waals surface area contributed by atoms with Crippen molar-refractivity contribution in [3.8, 4) is 0 Å². The van der Waals surface area contributed by atoms with Gasteiger partial charge in [0.15, 0.2) is 0 Å². The second-order valence-corrected chi connectivity index (χ2v) is 9.46. The lowest BCUT2D eigenvalue weighted by Gasteiger charge is -2.31. The minimum absolute atomic E-state index is 0.0219. The first-order valence-electron chi connectivity index (χ1n) is 11.9. The summed E-state index contributed by atoms with van der Waals surface area (Å²) in [5, 5.41) is 8.48. The van der Waals surface area contributed by atoms with Gasteiger partial charge in [0.1, 0.15) is 0 Å². The Kier molecular flexibility index (Phi) is 7.71. The Balaban J connectivity index is 1.33. The van der Waals surface area contributed by atoms with Gasteiger partial charge in [0, 0.05) is 47.1 Å². The summed E-state index contributed by atoms with van der Waals surface area (Å²) in [4.78, 5) is 27.3. The fourth-order valence-electron chi connectivity index (χ4n) is 4.49. The molecule has 35 heavy (non-hydrogen) atoms. The van der Waals surface area contributed by atoms with Crippen LogP contribution in [0.15, 0.2) is 54.6 Å². The minimum atomic E-state index is -0.0486. The number of piperidine rings is 1. The number of likely N-dealkylation sites (tertiary alicyclic amines) is 1. The molecule has 4 rings (SSSR count). The molecular formula is C28H31ClN4O2. The molecule has 2 aromatic carbocycles. The highest BCUT2D eigenvalue weighted by Gasteiger charge is 2.23. The molecule has 0 atom stereocenters. The molecule has 182 valence electrons. The molecule has 0 saturated carbocycles. The van der Waals surface area contributed by atoms with Crippen molar-refractivity contribution in [3.05, 3.63) is 93.3 Å². The van der Waals surface area contributed by atoms with E-state index < -0.39 is 0 Å². The fourth-order valence-corrected chi connectivity index (χ4v) is 4.68. The number of aromatic nitrogens is 2. The predicted octanol–water partition coefficient (Wildman–Crippen LogP) is 4.94. The van der Waals surface area contributed by atoms with Crippen LogP contribution in [0.2, 0.25) is 5.02 Å². The summed E-state index contributed by atoms with van der Waals surface area (Å²) in [5.74, 6) is -0.0705. The van der Waals surface area contributed by atoms with Gasteiger partial charge in [-0.25, -0.2) is 0 Å². The minimum Gasteiger partial charge on any atom is -0.349 e. The highest BCUT2D eigenvalue weighted by Crippen LogP contribution is 2.21. The van der Waals surface area contributed by atoms with Gasteiger partial charge in [-0.1, -0.05) is 48.0 Å². The third-order valence-electron chi connectivity index (χ3n) is 6.64. The molecule has 2 heterocycles. The maximum absolute atomic E-state index is 12.8. The van der Waals surface area contributed by atoms with E-state index in [9.17, 15) is 9.59 Å². The Morgan fingerprint density at radius 2 is 1.74 bits per heavy atom. The Morgan fingerprint density at radius 1 is 1.06 bits per heavy atom. The summed E-state index contributed by atoms with van der Waals surface area (Å²) in [5.41, 5.74) is 5.48. The van der Waals surface area contributed by atoms with Crippen molar-refractivity contribution in [2.24, 2.45) is 0 Å². The number of halogens is 1. The van der Waals surface area contributed by atoms with Crippen LogP contribution < -0.4 is 5.32 Å².